The van der Waals surface area contributed by atoms with Crippen LogP contribution in [0.25, 0.3) is 33.6 Å². The van der Waals surface area contributed by atoms with Gasteiger partial charge in [0.1, 0.15) is 12.2 Å². The molecule has 0 spiro atoms. The number of benzene rings is 2. The number of alkyl halides is 1. The molecule has 2 fully saturated rings. The van der Waals surface area contributed by atoms with Gasteiger partial charge in [0.2, 0.25) is 11.8 Å². The summed E-state index contributed by atoms with van der Waals surface area (Å²) in [6, 6.07) is 13.8. The minimum atomic E-state index is -1.02. The van der Waals surface area contributed by atoms with E-state index in [1.54, 1.807) is 41.7 Å². The van der Waals surface area contributed by atoms with Crippen molar-refractivity contribution in [1.29, 1.82) is 0 Å². The highest BCUT2D eigenvalue weighted by Crippen LogP contribution is 2.28. The highest BCUT2D eigenvalue weighted by molar-refractivity contribution is 6.00. The van der Waals surface area contributed by atoms with Crippen molar-refractivity contribution >= 4 is 46.0 Å². The molecular weight excluding hydrogens is 758 g/mol. The Labute approximate surface area is 338 Å². The minimum absolute atomic E-state index is 0.138. The number of aryl methyl sites for hydroxylation is 2. The van der Waals surface area contributed by atoms with Crippen LogP contribution in [0.4, 0.5) is 10.1 Å². The number of halogens is 1. The van der Waals surface area contributed by atoms with Crippen molar-refractivity contribution in [3.05, 3.63) is 94.4 Å². The summed E-state index contributed by atoms with van der Waals surface area (Å²) in [6.45, 7) is 0.587. The molecule has 1 unspecified atom stereocenters. The third kappa shape index (κ3) is 8.22. The first kappa shape index (κ1) is 39.2. The van der Waals surface area contributed by atoms with E-state index in [9.17, 15) is 28.4 Å². The molecule has 0 bridgehead atoms. The molecule has 4 aromatic heterocycles. The second-order valence-electron chi connectivity index (χ2n) is 15.3. The second kappa shape index (κ2) is 16.7. The molecule has 4 amide bonds. The van der Waals surface area contributed by atoms with Gasteiger partial charge in [0, 0.05) is 50.8 Å². The topological polar surface area (TPSA) is 191 Å². The summed E-state index contributed by atoms with van der Waals surface area (Å²) in [6.07, 6.45) is 11.7. The van der Waals surface area contributed by atoms with Gasteiger partial charge in [0.25, 0.3) is 11.8 Å². The molecule has 17 heteroatoms. The normalized spacial score (nSPS) is 17.6. The number of rotatable bonds is 16. The molecule has 8 rings (SSSR count). The molecule has 1 aliphatic heterocycles. The molecule has 1 aliphatic carbocycles. The van der Waals surface area contributed by atoms with Gasteiger partial charge in [0.05, 0.1) is 46.5 Å². The van der Waals surface area contributed by atoms with Gasteiger partial charge in [0.15, 0.2) is 11.3 Å². The Morgan fingerprint density at radius 2 is 1.69 bits per heavy atom. The largest absolute Gasteiger partial charge is 0.385 e. The van der Waals surface area contributed by atoms with Gasteiger partial charge in [-0.1, -0.05) is 31.7 Å². The Bertz CT molecular complexity index is 2620. The predicted octanol–water partition coefficient (Wildman–Crippen LogP) is 4.41. The molecule has 306 valence electrons. The van der Waals surface area contributed by atoms with Crippen molar-refractivity contribution in [1.82, 2.24) is 49.5 Å². The molecule has 6 aromatic rings. The van der Waals surface area contributed by atoms with Crippen LogP contribution in [-0.4, -0.2) is 82.9 Å². The number of carbonyl (C=O) groups is 4. The summed E-state index contributed by atoms with van der Waals surface area (Å²) in [5.74, 6) is -1.32. The Kier molecular flexibility index (Phi) is 11.1. The number of amides is 4. The average Bonchev–Trinajstić information content (AvgIpc) is 3.56. The Morgan fingerprint density at radius 3 is 2.44 bits per heavy atom. The van der Waals surface area contributed by atoms with Crippen molar-refractivity contribution in [3.63, 3.8) is 0 Å². The number of carbonyl (C=O) groups excluding carboxylic acids is 4. The van der Waals surface area contributed by atoms with Crippen molar-refractivity contribution in [2.75, 3.05) is 18.9 Å². The van der Waals surface area contributed by atoms with Crippen molar-refractivity contribution in [2.24, 2.45) is 7.05 Å². The zero-order chi connectivity index (χ0) is 41.2. The van der Waals surface area contributed by atoms with Crippen LogP contribution in [0, 0.1) is 0 Å². The van der Waals surface area contributed by atoms with E-state index in [0.29, 0.717) is 53.1 Å². The first-order valence-electron chi connectivity index (χ1n) is 20.1. The maximum absolute atomic E-state index is 13.4. The number of imide groups is 1. The molecule has 1 saturated carbocycles. The first-order chi connectivity index (χ1) is 28.6. The summed E-state index contributed by atoms with van der Waals surface area (Å²) in [5.41, 5.74) is 6.23. The maximum Gasteiger partial charge on any atom is 0.329 e. The third-order valence-corrected chi connectivity index (χ3v) is 11.1. The van der Waals surface area contributed by atoms with E-state index in [-0.39, 0.29) is 29.6 Å². The zero-order valence-electron chi connectivity index (χ0n) is 32.9. The molecule has 2 aliphatic rings. The maximum atomic E-state index is 13.4. The van der Waals surface area contributed by atoms with Gasteiger partial charge in [-0.15, -0.1) is 0 Å². The number of anilines is 1. The smallest absolute Gasteiger partial charge is 0.329 e. The van der Waals surface area contributed by atoms with Gasteiger partial charge >= 0.3 is 5.69 Å². The zero-order valence-corrected chi connectivity index (χ0v) is 32.9. The van der Waals surface area contributed by atoms with Crippen molar-refractivity contribution in [2.45, 2.75) is 82.5 Å². The number of aromatic nitrogens is 7. The molecule has 2 aromatic carbocycles. The van der Waals surface area contributed by atoms with Crippen LogP contribution < -0.4 is 27.0 Å². The lowest BCUT2D eigenvalue weighted by Crippen LogP contribution is -2.44. The van der Waals surface area contributed by atoms with Crippen LogP contribution in [0.5, 0.6) is 0 Å². The Hall–Kier alpha value is -6.65. The predicted molar refractivity (Wildman–Crippen MR) is 218 cm³/mol. The van der Waals surface area contributed by atoms with Crippen LogP contribution in [0.2, 0.25) is 0 Å². The lowest BCUT2D eigenvalue weighted by molar-refractivity contribution is -0.135. The van der Waals surface area contributed by atoms with Crippen molar-refractivity contribution < 1.29 is 23.6 Å². The number of fused-ring (bicyclic) bond motifs is 2. The fraction of sp³-hybridized carbons (Fsp3) is 0.381. The number of imidazole rings is 2. The number of nitrogens with zero attached hydrogens (tertiary/aromatic N) is 7. The number of nitrogens with one attached hydrogen (secondary N) is 4. The number of piperidine rings is 1. The standard InChI is InChI=1S/C42H46FN11O5/c1-44-32-21-30(50-54-36(23-46-38(32)54)41(58)48-31-20-29(31)43)27-22-47-52(24-27)28-13-11-26(12-14-28)39(56)45-18-8-6-4-3-5-7-9-25-10-15-33-35(19-25)51(2)42(59)53(33)34-16-17-37(55)49-40(34)57/h10-15,19,21-24,29,31,34,44H,3-9,16-18,20H2,1-2H3,(H,45,56)(H,48,58)(H,49,55,57)/t29-,31+,34?/m0/s1. The van der Waals surface area contributed by atoms with E-state index in [2.05, 4.69) is 36.4 Å². The van der Waals surface area contributed by atoms with E-state index in [0.717, 1.165) is 61.7 Å². The highest BCUT2D eigenvalue weighted by atomic mass is 19.1. The molecule has 1 saturated heterocycles. The van der Waals surface area contributed by atoms with E-state index in [1.165, 1.54) is 15.3 Å². The minimum Gasteiger partial charge on any atom is -0.385 e. The van der Waals surface area contributed by atoms with E-state index >= 15 is 0 Å². The average molecular weight is 804 g/mol. The fourth-order valence-electron chi connectivity index (χ4n) is 7.63. The molecule has 4 N–H and O–H groups in total. The Balaban J connectivity index is 0.770. The van der Waals surface area contributed by atoms with Crippen LogP contribution >= 0.6 is 0 Å². The Morgan fingerprint density at radius 1 is 0.932 bits per heavy atom. The van der Waals surface area contributed by atoms with Gasteiger partial charge < -0.3 is 16.0 Å². The molecule has 16 nitrogen and oxygen atoms in total. The van der Waals surface area contributed by atoms with Gasteiger partial charge in [-0.05, 0) is 73.7 Å². The lowest BCUT2D eigenvalue weighted by atomic mass is 10.0. The molecule has 59 heavy (non-hydrogen) atoms. The van der Waals surface area contributed by atoms with Crippen LogP contribution in [0.1, 0.15) is 90.2 Å². The first-order valence-corrected chi connectivity index (χ1v) is 20.1. The fourth-order valence-corrected chi connectivity index (χ4v) is 7.63. The van der Waals surface area contributed by atoms with Crippen LogP contribution in [0.3, 0.4) is 0 Å². The molecule has 0 radical (unpaired) electrons. The molecule has 5 heterocycles. The number of hydrogen-bond donors (Lipinski definition) is 4. The van der Waals surface area contributed by atoms with E-state index in [4.69, 9.17) is 0 Å². The van der Waals surface area contributed by atoms with Crippen molar-refractivity contribution in [3.8, 4) is 16.9 Å². The second-order valence-corrected chi connectivity index (χ2v) is 15.3. The van der Waals surface area contributed by atoms with E-state index < -0.39 is 30.1 Å². The van der Waals surface area contributed by atoms with Gasteiger partial charge in [-0.3, -0.25) is 33.6 Å². The van der Waals surface area contributed by atoms with Gasteiger partial charge in [-0.25, -0.2) is 23.4 Å². The number of unbranched alkanes of at least 4 members (excludes halogenated alkanes) is 5. The lowest BCUT2D eigenvalue weighted by Gasteiger charge is -2.21. The monoisotopic (exact) mass is 803 g/mol. The third-order valence-electron chi connectivity index (χ3n) is 11.1. The summed E-state index contributed by atoms with van der Waals surface area (Å²) < 4.78 is 19.6. The van der Waals surface area contributed by atoms with E-state index in [1.807, 2.05) is 42.6 Å². The summed E-state index contributed by atoms with van der Waals surface area (Å²) in [5, 5.41) is 20.3. The summed E-state index contributed by atoms with van der Waals surface area (Å²) in [7, 11) is 3.46. The SMILES string of the molecule is CNc1cc(-c2cnn(-c3ccc(C(=O)NCCCCCCCCc4ccc5c(c4)n(C)c(=O)n5C4CCC(=O)NC4=O)cc3)c2)nn2c(C(=O)N[C@@H]3C[C@@H]3F)cnc12. The highest BCUT2D eigenvalue weighted by Gasteiger charge is 2.39. The molecule has 3 atom stereocenters. The summed E-state index contributed by atoms with van der Waals surface area (Å²) >= 11 is 0. The quantitative estimate of drug-likeness (QED) is 0.0811. The van der Waals surface area contributed by atoms with Gasteiger partial charge in [-0.2, -0.15) is 10.2 Å². The molecular formula is C42H46FN11O5. The summed E-state index contributed by atoms with van der Waals surface area (Å²) in [4.78, 5) is 67.1. The number of hydrogen-bond acceptors (Lipinski definition) is 9. The van der Waals surface area contributed by atoms with Crippen LogP contribution in [-0.2, 0) is 23.1 Å². The van der Waals surface area contributed by atoms with Crippen LogP contribution in [0.15, 0.2) is 71.9 Å².